The number of nitrogens with one attached hydrogen (secondary N) is 1. The minimum Gasteiger partial charge on any atom is -0.506 e. The maximum atomic E-state index is 9.24. The molecule has 0 aliphatic carbocycles. The number of aromatic hydroxyl groups is 1. The molecule has 0 aliphatic heterocycles. The van der Waals surface area contributed by atoms with E-state index in [4.69, 9.17) is 11.6 Å². The van der Waals surface area contributed by atoms with Crippen LogP contribution in [0.5, 0.6) is 5.75 Å². The minimum absolute atomic E-state index is 0.137. The Balaban J connectivity index is 2.41. The van der Waals surface area contributed by atoms with Crippen molar-refractivity contribution in [3.05, 3.63) is 28.8 Å². The fourth-order valence-corrected chi connectivity index (χ4v) is 1.65. The van der Waals surface area contributed by atoms with Crippen LogP contribution in [-0.4, -0.2) is 23.2 Å². The van der Waals surface area contributed by atoms with Crippen molar-refractivity contribution in [1.82, 2.24) is 5.32 Å². The molecule has 0 aromatic heterocycles. The molecular formula is C11H16ClNOS. The number of phenolic OH excluding ortho intramolecular Hbond substituents is 1. The van der Waals surface area contributed by atoms with Crippen molar-refractivity contribution in [2.45, 2.75) is 18.7 Å². The number of rotatable bonds is 5. The molecule has 0 bridgehead atoms. The van der Waals surface area contributed by atoms with E-state index in [0.717, 1.165) is 18.7 Å². The molecule has 4 heteroatoms. The second kappa shape index (κ2) is 6.26. The first-order valence-electron chi connectivity index (χ1n) is 4.84. The van der Waals surface area contributed by atoms with Gasteiger partial charge < -0.3 is 10.4 Å². The highest BCUT2D eigenvalue weighted by Crippen LogP contribution is 2.23. The third-order valence-corrected chi connectivity index (χ3v) is 3.45. The molecule has 0 heterocycles. The molecule has 0 aliphatic rings. The van der Waals surface area contributed by atoms with Gasteiger partial charge in [-0.15, -0.1) is 0 Å². The van der Waals surface area contributed by atoms with Gasteiger partial charge in [0.15, 0.2) is 0 Å². The van der Waals surface area contributed by atoms with Gasteiger partial charge in [0.2, 0.25) is 0 Å². The van der Waals surface area contributed by atoms with Gasteiger partial charge in [0, 0.05) is 18.3 Å². The average molecular weight is 246 g/mol. The first-order valence-corrected chi connectivity index (χ1v) is 6.51. The van der Waals surface area contributed by atoms with Crippen LogP contribution in [0.15, 0.2) is 18.2 Å². The molecule has 1 unspecified atom stereocenters. The molecule has 15 heavy (non-hydrogen) atoms. The van der Waals surface area contributed by atoms with Crippen LogP contribution in [0, 0.1) is 0 Å². The van der Waals surface area contributed by atoms with E-state index in [1.165, 1.54) is 0 Å². The molecule has 0 fully saturated rings. The highest BCUT2D eigenvalue weighted by Gasteiger charge is 2.01. The van der Waals surface area contributed by atoms with E-state index in [1.54, 1.807) is 12.1 Å². The molecule has 2 nitrogen and oxygen atoms in total. The van der Waals surface area contributed by atoms with Crippen LogP contribution in [0.25, 0.3) is 0 Å². The van der Waals surface area contributed by atoms with Crippen LogP contribution in [0.1, 0.15) is 12.5 Å². The van der Waals surface area contributed by atoms with E-state index in [0.29, 0.717) is 10.3 Å². The molecule has 0 amide bonds. The lowest BCUT2D eigenvalue weighted by atomic mass is 10.2. The SMILES string of the molecule is CSC(C)CNCc1ccc(O)c(Cl)c1. The van der Waals surface area contributed by atoms with Gasteiger partial charge >= 0.3 is 0 Å². The van der Waals surface area contributed by atoms with Crippen molar-refractivity contribution in [1.29, 1.82) is 0 Å². The zero-order chi connectivity index (χ0) is 11.3. The number of halogens is 1. The number of thioether (sulfide) groups is 1. The fraction of sp³-hybridized carbons (Fsp3) is 0.455. The van der Waals surface area contributed by atoms with Crippen molar-refractivity contribution >= 4 is 23.4 Å². The van der Waals surface area contributed by atoms with Crippen LogP contribution in [0.2, 0.25) is 5.02 Å². The molecule has 0 spiro atoms. The average Bonchev–Trinajstić information content (AvgIpc) is 2.23. The maximum Gasteiger partial charge on any atom is 0.134 e. The summed E-state index contributed by atoms with van der Waals surface area (Å²) in [5, 5.41) is 13.6. The summed E-state index contributed by atoms with van der Waals surface area (Å²) >= 11 is 7.64. The van der Waals surface area contributed by atoms with Crippen molar-refractivity contribution in [3.8, 4) is 5.75 Å². The van der Waals surface area contributed by atoms with E-state index < -0.39 is 0 Å². The Morgan fingerprint density at radius 2 is 2.27 bits per heavy atom. The molecule has 1 atom stereocenters. The second-order valence-electron chi connectivity index (χ2n) is 3.46. The third-order valence-electron chi connectivity index (χ3n) is 2.18. The van der Waals surface area contributed by atoms with E-state index in [1.807, 2.05) is 17.8 Å². The van der Waals surface area contributed by atoms with Gasteiger partial charge in [0.25, 0.3) is 0 Å². The highest BCUT2D eigenvalue weighted by molar-refractivity contribution is 7.99. The van der Waals surface area contributed by atoms with Gasteiger partial charge in [0.1, 0.15) is 5.75 Å². The summed E-state index contributed by atoms with van der Waals surface area (Å²) in [7, 11) is 0. The maximum absolute atomic E-state index is 9.24. The first kappa shape index (κ1) is 12.7. The summed E-state index contributed by atoms with van der Waals surface area (Å²) in [6, 6.07) is 5.28. The zero-order valence-corrected chi connectivity index (χ0v) is 10.5. The van der Waals surface area contributed by atoms with Crippen LogP contribution >= 0.6 is 23.4 Å². The molecule has 0 saturated carbocycles. The molecule has 1 rings (SSSR count). The standard InChI is InChI=1S/C11H16ClNOS/c1-8(15-2)6-13-7-9-3-4-11(14)10(12)5-9/h3-5,8,13-14H,6-7H2,1-2H3. The molecule has 0 saturated heterocycles. The van der Waals surface area contributed by atoms with Crippen molar-refractivity contribution < 1.29 is 5.11 Å². The monoisotopic (exact) mass is 245 g/mol. The van der Waals surface area contributed by atoms with Crippen molar-refractivity contribution in [3.63, 3.8) is 0 Å². The van der Waals surface area contributed by atoms with E-state index in [9.17, 15) is 5.11 Å². The van der Waals surface area contributed by atoms with Crippen LogP contribution < -0.4 is 5.32 Å². The number of benzene rings is 1. The summed E-state index contributed by atoms with van der Waals surface area (Å²) in [5.74, 6) is 0.137. The number of phenols is 1. The minimum atomic E-state index is 0.137. The first-order chi connectivity index (χ1) is 7.13. The van der Waals surface area contributed by atoms with Gasteiger partial charge in [-0.3, -0.25) is 0 Å². The predicted molar refractivity (Wildman–Crippen MR) is 67.8 cm³/mol. The largest absolute Gasteiger partial charge is 0.506 e. The Morgan fingerprint density at radius 3 is 2.87 bits per heavy atom. The Hall–Kier alpha value is -0.380. The number of hydrogen-bond acceptors (Lipinski definition) is 3. The molecule has 1 aromatic rings. The van der Waals surface area contributed by atoms with Crippen LogP contribution in [0.4, 0.5) is 0 Å². The van der Waals surface area contributed by atoms with E-state index in [-0.39, 0.29) is 5.75 Å². The van der Waals surface area contributed by atoms with E-state index in [2.05, 4.69) is 18.5 Å². The van der Waals surface area contributed by atoms with Gasteiger partial charge in [-0.25, -0.2) is 0 Å². The van der Waals surface area contributed by atoms with Gasteiger partial charge in [-0.1, -0.05) is 24.6 Å². The number of hydrogen-bond donors (Lipinski definition) is 2. The fourth-order valence-electron chi connectivity index (χ4n) is 1.16. The van der Waals surface area contributed by atoms with Gasteiger partial charge in [0.05, 0.1) is 5.02 Å². The molecule has 0 radical (unpaired) electrons. The zero-order valence-electron chi connectivity index (χ0n) is 8.96. The quantitative estimate of drug-likeness (QED) is 0.837. The predicted octanol–water partition coefficient (Wildman–Crippen LogP) is 2.89. The molecule has 2 N–H and O–H groups in total. The van der Waals surface area contributed by atoms with Gasteiger partial charge in [-0.2, -0.15) is 11.8 Å². The second-order valence-corrected chi connectivity index (χ2v) is 5.15. The Kier molecular flexibility index (Phi) is 5.29. The van der Waals surface area contributed by atoms with Crippen LogP contribution in [0.3, 0.4) is 0 Å². The normalized spacial score (nSPS) is 12.7. The summed E-state index contributed by atoms with van der Waals surface area (Å²) in [4.78, 5) is 0. The van der Waals surface area contributed by atoms with Gasteiger partial charge in [-0.05, 0) is 24.0 Å². The van der Waals surface area contributed by atoms with E-state index >= 15 is 0 Å². The Bertz CT molecular complexity index is 319. The molecule has 1 aromatic carbocycles. The molecular weight excluding hydrogens is 230 g/mol. The summed E-state index contributed by atoms with van der Waals surface area (Å²) in [5.41, 5.74) is 1.09. The van der Waals surface area contributed by atoms with Crippen LogP contribution in [-0.2, 0) is 6.54 Å². The Morgan fingerprint density at radius 1 is 1.53 bits per heavy atom. The highest BCUT2D eigenvalue weighted by atomic mass is 35.5. The summed E-state index contributed by atoms with van der Waals surface area (Å²) < 4.78 is 0. The lowest BCUT2D eigenvalue weighted by Crippen LogP contribution is -2.21. The summed E-state index contributed by atoms with van der Waals surface area (Å²) in [6.45, 7) is 3.94. The lowest BCUT2D eigenvalue weighted by molar-refractivity contribution is 0.475. The molecule has 84 valence electrons. The lowest BCUT2D eigenvalue weighted by Gasteiger charge is -2.10. The third kappa shape index (κ3) is 4.33. The summed E-state index contributed by atoms with van der Waals surface area (Å²) in [6.07, 6.45) is 2.10. The topological polar surface area (TPSA) is 32.3 Å². The Labute approximate surface area is 100 Å². The van der Waals surface area contributed by atoms with Crippen molar-refractivity contribution in [2.75, 3.05) is 12.8 Å². The van der Waals surface area contributed by atoms with Crippen molar-refractivity contribution in [2.24, 2.45) is 0 Å². The smallest absolute Gasteiger partial charge is 0.134 e.